The van der Waals surface area contributed by atoms with Crippen molar-refractivity contribution in [1.82, 2.24) is 9.71 Å². The van der Waals surface area contributed by atoms with Gasteiger partial charge in [0.15, 0.2) is 0 Å². The van der Waals surface area contributed by atoms with Gasteiger partial charge in [-0.15, -0.1) is 0 Å². The third-order valence-electron chi connectivity index (χ3n) is 5.16. The fourth-order valence-electron chi connectivity index (χ4n) is 3.50. The van der Waals surface area contributed by atoms with Gasteiger partial charge in [-0.25, -0.2) is 18.2 Å². The standard InChI is InChI=1S/C21H25ClN4O5S/c1-2-31-21(28)16-12-24-19(17(22)18(16)23)26-10-8-15(9-11-26)20(27)25-32(29,30)13-14-6-4-3-5-7-14/h3-7,12,15H,2,8-11,13H2,1H3,(H2,23,24)(H,25,27). The van der Waals surface area contributed by atoms with Gasteiger partial charge in [-0.2, -0.15) is 0 Å². The van der Waals surface area contributed by atoms with E-state index in [9.17, 15) is 18.0 Å². The number of halogens is 1. The van der Waals surface area contributed by atoms with Gasteiger partial charge >= 0.3 is 5.97 Å². The topological polar surface area (TPSA) is 132 Å². The van der Waals surface area contributed by atoms with Gasteiger partial charge in [-0.05, 0) is 25.3 Å². The maximum absolute atomic E-state index is 12.5. The lowest BCUT2D eigenvalue weighted by Gasteiger charge is -2.32. The summed E-state index contributed by atoms with van der Waals surface area (Å²) >= 11 is 6.34. The highest BCUT2D eigenvalue weighted by atomic mass is 35.5. The van der Waals surface area contributed by atoms with Gasteiger partial charge in [0.2, 0.25) is 15.9 Å². The van der Waals surface area contributed by atoms with E-state index in [1.165, 1.54) is 6.20 Å². The van der Waals surface area contributed by atoms with Crippen LogP contribution in [0.1, 0.15) is 35.7 Å². The molecular formula is C21H25ClN4O5S. The number of esters is 1. The second kappa shape index (κ2) is 10.2. The van der Waals surface area contributed by atoms with Gasteiger partial charge in [-0.1, -0.05) is 41.9 Å². The van der Waals surface area contributed by atoms with Crippen molar-refractivity contribution in [3.63, 3.8) is 0 Å². The molecule has 9 nitrogen and oxygen atoms in total. The second-order valence-corrected chi connectivity index (χ2v) is 9.52. The van der Waals surface area contributed by atoms with Crippen LogP contribution < -0.4 is 15.4 Å². The number of nitrogens with two attached hydrogens (primary N) is 1. The number of aromatic nitrogens is 1. The number of hydrogen-bond donors (Lipinski definition) is 2. The first kappa shape index (κ1) is 23.8. The van der Waals surface area contributed by atoms with E-state index in [2.05, 4.69) is 9.71 Å². The maximum atomic E-state index is 12.5. The van der Waals surface area contributed by atoms with Crippen LogP contribution in [0.5, 0.6) is 0 Å². The molecule has 0 radical (unpaired) electrons. The number of rotatable bonds is 7. The molecule has 1 aliphatic rings. The number of benzene rings is 1. The molecule has 1 aliphatic heterocycles. The quantitative estimate of drug-likeness (QED) is 0.577. The van der Waals surface area contributed by atoms with Gasteiger partial charge in [0, 0.05) is 25.2 Å². The van der Waals surface area contributed by atoms with Crippen molar-refractivity contribution in [2.24, 2.45) is 5.92 Å². The van der Waals surface area contributed by atoms with Gasteiger partial charge in [0.25, 0.3) is 0 Å². The van der Waals surface area contributed by atoms with E-state index in [-0.39, 0.29) is 28.6 Å². The number of pyridine rings is 1. The van der Waals surface area contributed by atoms with Crippen molar-refractivity contribution in [3.05, 3.63) is 52.7 Å². The zero-order valence-corrected chi connectivity index (χ0v) is 19.2. The Labute approximate surface area is 192 Å². The number of nitrogen functional groups attached to an aromatic ring is 1. The number of nitrogens with one attached hydrogen (secondary N) is 1. The lowest BCUT2D eigenvalue weighted by molar-refractivity contribution is -0.123. The molecule has 0 bridgehead atoms. The number of carbonyl (C=O) groups is 2. The first-order valence-corrected chi connectivity index (χ1v) is 12.2. The summed E-state index contributed by atoms with van der Waals surface area (Å²) < 4.78 is 31.8. The number of amides is 1. The summed E-state index contributed by atoms with van der Waals surface area (Å²) in [6, 6.07) is 8.67. The Morgan fingerprint density at radius 2 is 1.91 bits per heavy atom. The molecule has 1 aromatic heterocycles. The predicted molar refractivity (Wildman–Crippen MR) is 122 cm³/mol. The number of carbonyl (C=O) groups excluding carboxylic acids is 2. The van der Waals surface area contributed by atoms with Gasteiger partial charge in [-0.3, -0.25) is 9.52 Å². The van der Waals surface area contributed by atoms with Crippen LogP contribution >= 0.6 is 11.6 Å². The molecule has 0 saturated carbocycles. The molecule has 1 amide bonds. The van der Waals surface area contributed by atoms with Crippen molar-refractivity contribution in [1.29, 1.82) is 0 Å². The van der Waals surface area contributed by atoms with Crippen molar-refractivity contribution in [3.8, 4) is 0 Å². The fraction of sp³-hybridized carbons (Fsp3) is 0.381. The van der Waals surface area contributed by atoms with E-state index in [0.717, 1.165) is 0 Å². The van der Waals surface area contributed by atoms with Crippen LogP contribution in [0.3, 0.4) is 0 Å². The van der Waals surface area contributed by atoms with Crippen LogP contribution in [0.4, 0.5) is 11.5 Å². The Hall–Kier alpha value is -2.85. The molecule has 0 unspecified atom stereocenters. The minimum atomic E-state index is -3.79. The maximum Gasteiger partial charge on any atom is 0.341 e. The number of sulfonamides is 1. The molecule has 1 saturated heterocycles. The van der Waals surface area contributed by atoms with Crippen LogP contribution in [0, 0.1) is 5.92 Å². The van der Waals surface area contributed by atoms with Crippen LogP contribution in [0.15, 0.2) is 36.5 Å². The monoisotopic (exact) mass is 480 g/mol. The van der Waals surface area contributed by atoms with E-state index in [1.54, 1.807) is 37.3 Å². The van der Waals surface area contributed by atoms with Crippen LogP contribution in [-0.2, 0) is 25.3 Å². The second-order valence-electron chi connectivity index (χ2n) is 7.42. The molecule has 0 atom stereocenters. The molecule has 172 valence electrons. The Kier molecular flexibility index (Phi) is 7.57. The van der Waals surface area contributed by atoms with Gasteiger partial charge < -0.3 is 15.4 Å². The first-order chi connectivity index (χ1) is 15.2. The molecule has 3 N–H and O–H groups in total. The molecule has 11 heteroatoms. The Morgan fingerprint density at radius 3 is 2.53 bits per heavy atom. The van der Waals surface area contributed by atoms with Gasteiger partial charge in [0.05, 0.1) is 18.0 Å². The summed E-state index contributed by atoms with van der Waals surface area (Å²) in [7, 11) is -3.79. The zero-order chi connectivity index (χ0) is 23.3. The SMILES string of the molecule is CCOC(=O)c1cnc(N2CCC(C(=O)NS(=O)(=O)Cc3ccccc3)CC2)c(Cl)c1N. The van der Waals surface area contributed by atoms with Crippen molar-refractivity contribution >= 4 is 45.0 Å². The Balaban J connectivity index is 1.60. The highest BCUT2D eigenvalue weighted by Gasteiger charge is 2.30. The average molecular weight is 481 g/mol. The largest absolute Gasteiger partial charge is 0.462 e. The molecule has 0 aliphatic carbocycles. The molecule has 2 heterocycles. The van der Waals surface area contributed by atoms with E-state index >= 15 is 0 Å². The van der Waals surface area contributed by atoms with Crippen LogP contribution in [0.25, 0.3) is 0 Å². The van der Waals surface area contributed by atoms with Crippen LogP contribution in [0.2, 0.25) is 5.02 Å². The molecule has 2 aromatic rings. The average Bonchev–Trinajstić information content (AvgIpc) is 2.76. The minimum absolute atomic E-state index is 0.0852. The fourth-order valence-corrected chi connectivity index (χ4v) is 4.95. The summed E-state index contributed by atoms with van der Waals surface area (Å²) in [5, 5.41) is 0.142. The van der Waals surface area contributed by atoms with E-state index in [4.69, 9.17) is 22.1 Å². The zero-order valence-electron chi connectivity index (χ0n) is 17.6. The predicted octanol–water partition coefficient (Wildman–Crippen LogP) is 2.36. The van der Waals surface area contributed by atoms with Crippen molar-refractivity contribution in [2.75, 3.05) is 30.3 Å². The molecule has 0 spiro atoms. The molecular weight excluding hydrogens is 456 g/mol. The molecule has 32 heavy (non-hydrogen) atoms. The third kappa shape index (κ3) is 5.68. The van der Waals surface area contributed by atoms with E-state index in [1.807, 2.05) is 4.90 Å². The van der Waals surface area contributed by atoms with E-state index < -0.39 is 27.8 Å². The molecule has 1 fully saturated rings. The van der Waals surface area contributed by atoms with Crippen LogP contribution in [-0.4, -0.2) is 45.0 Å². The highest BCUT2D eigenvalue weighted by molar-refractivity contribution is 7.89. The minimum Gasteiger partial charge on any atom is -0.462 e. The smallest absolute Gasteiger partial charge is 0.341 e. The summed E-state index contributed by atoms with van der Waals surface area (Å²) in [5.41, 5.74) is 6.78. The van der Waals surface area contributed by atoms with Crippen molar-refractivity contribution < 1.29 is 22.7 Å². The van der Waals surface area contributed by atoms with E-state index in [0.29, 0.717) is 37.3 Å². The summed E-state index contributed by atoms with van der Waals surface area (Å²) in [5.74, 6) is -1.42. The number of hydrogen-bond acceptors (Lipinski definition) is 8. The summed E-state index contributed by atoms with van der Waals surface area (Å²) in [4.78, 5) is 30.6. The third-order valence-corrected chi connectivity index (χ3v) is 6.75. The Morgan fingerprint density at radius 1 is 1.25 bits per heavy atom. The highest BCUT2D eigenvalue weighted by Crippen LogP contribution is 2.34. The van der Waals surface area contributed by atoms with Crippen molar-refractivity contribution in [2.45, 2.75) is 25.5 Å². The lowest BCUT2D eigenvalue weighted by Crippen LogP contribution is -2.43. The lowest BCUT2D eigenvalue weighted by atomic mass is 9.96. The number of nitrogens with zero attached hydrogens (tertiary/aromatic N) is 2. The number of piperidine rings is 1. The normalized spacial score (nSPS) is 14.8. The number of ether oxygens (including phenoxy) is 1. The molecule has 1 aromatic carbocycles. The summed E-state index contributed by atoms with van der Waals surface area (Å²) in [6.45, 7) is 2.75. The number of anilines is 2. The summed E-state index contributed by atoms with van der Waals surface area (Å²) in [6.07, 6.45) is 2.16. The molecule has 3 rings (SSSR count). The van der Waals surface area contributed by atoms with Gasteiger partial charge in [0.1, 0.15) is 16.4 Å². The Bertz CT molecular complexity index is 1090. The first-order valence-electron chi connectivity index (χ1n) is 10.2.